The number of hydrogen-bond donors (Lipinski definition) is 1. The third-order valence-electron chi connectivity index (χ3n) is 5.47. The van der Waals surface area contributed by atoms with E-state index in [-0.39, 0.29) is 11.3 Å². The molecule has 1 aliphatic heterocycles. The van der Waals surface area contributed by atoms with Gasteiger partial charge in [0.1, 0.15) is 23.9 Å². The Balaban J connectivity index is 2.03. The molecule has 0 aromatic heterocycles. The Bertz CT molecular complexity index is 1030. The lowest BCUT2D eigenvalue weighted by molar-refractivity contribution is -0.139. The molecule has 2 aromatic carbocycles. The van der Waals surface area contributed by atoms with Gasteiger partial charge in [0, 0.05) is 12.1 Å². The van der Waals surface area contributed by atoms with Crippen molar-refractivity contribution in [2.24, 2.45) is 0 Å². The predicted octanol–water partition coefficient (Wildman–Crippen LogP) is 3.63. The zero-order valence-corrected chi connectivity index (χ0v) is 19.3. The highest BCUT2D eigenvalue weighted by atomic mass is 16.5. The molecule has 2 aromatic rings. The summed E-state index contributed by atoms with van der Waals surface area (Å²) < 4.78 is 10.7. The second-order valence-electron chi connectivity index (χ2n) is 8.05. The molecule has 0 aliphatic carbocycles. The minimum atomic E-state index is -0.692. The molecule has 1 atom stereocenters. The quantitative estimate of drug-likeness (QED) is 0.258. The van der Waals surface area contributed by atoms with E-state index in [1.54, 1.807) is 54.5 Å². The maximum Gasteiger partial charge on any atom is 0.295 e. The van der Waals surface area contributed by atoms with Gasteiger partial charge >= 0.3 is 0 Å². The Morgan fingerprint density at radius 1 is 1.09 bits per heavy atom. The van der Waals surface area contributed by atoms with Crippen molar-refractivity contribution in [1.29, 1.82) is 0 Å². The van der Waals surface area contributed by atoms with Crippen LogP contribution in [0.4, 0.5) is 0 Å². The summed E-state index contributed by atoms with van der Waals surface area (Å²) in [5.74, 6) is -0.227. The molecule has 1 heterocycles. The van der Waals surface area contributed by atoms with Gasteiger partial charge in [-0.15, -0.1) is 0 Å². The molecule has 0 radical (unpaired) electrons. The number of hydrogen-bond acceptors (Lipinski definition) is 6. The van der Waals surface area contributed by atoms with E-state index in [9.17, 15) is 14.7 Å². The van der Waals surface area contributed by atoms with Gasteiger partial charge in [0.25, 0.3) is 11.7 Å². The molecule has 1 saturated heterocycles. The molecule has 0 spiro atoms. The third-order valence-corrected chi connectivity index (χ3v) is 5.47. The summed E-state index contributed by atoms with van der Waals surface area (Å²) in [6, 6.07) is 13.2. The van der Waals surface area contributed by atoms with Crippen LogP contribution in [0.15, 0.2) is 66.8 Å². The van der Waals surface area contributed by atoms with E-state index >= 15 is 0 Å². The summed E-state index contributed by atoms with van der Waals surface area (Å²) in [6.45, 7) is 5.17. The van der Waals surface area contributed by atoms with E-state index in [4.69, 9.17) is 9.47 Å². The first-order chi connectivity index (χ1) is 15.9. The maximum absolute atomic E-state index is 13.1. The van der Waals surface area contributed by atoms with Crippen LogP contribution in [0.25, 0.3) is 5.76 Å². The summed E-state index contributed by atoms with van der Waals surface area (Å²) in [6.07, 6.45) is 2.35. The Morgan fingerprint density at radius 3 is 2.30 bits per heavy atom. The van der Waals surface area contributed by atoms with Crippen molar-refractivity contribution in [3.63, 3.8) is 0 Å². The summed E-state index contributed by atoms with van der Waals surface area (Å²) in [7, 11) is 5.46. The van der Waals surface area contributed by atoms with E-state index < -0.39 is 17.7 Å². The minimum Gasteiger partial charge on any atom is -0.507 e. The number of ether oxygens (including phenoxy) is 2. The van der Waals surface area contributed by atoms with E-state index in [0.29, 0.717) is 36.6 Å². The first-order valence-electron chi connectivity index (χ1n) is 10.8. The Hall–Kier alpha value is -3.58. The highest BCUT2D eigenvalue weighted by Crippen LogP contribution is 2.40. The van der Waals surface area contributed by atoms with Gasteiger partial charge in [-0.3, -0.25) is 9.59 Å². The van der Waals surface area contributed by atoms with E-state index in [2.05, 4.69) is 6.58 Å². The molecule has 7 heteroatoms. The van der Waals surface area contributed by atoms with Gasteiger partial charge in [0.15, 0.2) is 0 Å². The van der Waals surface area contributed by atoms with Gasteiger partial charge in [-0.2, -0.15) is 0 Å². The molecule has 0 saturated carbocycles. The zero-order valence-electron chi connectivity index (χ0n) is 19.3. The number of carbonyl (C=O) groups excluding carboxylic acids is 2. The van der Waals surface area contributed by atoms with Gasteiger partial charge in [0.05, 0.1) is 18.7 Å². The Morgan fingerprint density at radius 2 is 1.73 bits per heavy atom. The van der Waals surface area contributed by atoms with Crippen LogP contribution in [0.5, 0.6) is 11.5 Å². The smallest absolute Gasteiger partial charge is 0.295 e. The largest absolute Gasteiger partial charge is 0.507 e. The van der Waals surface area contributed by atoms with Crippen LogP contribution >= 0.6 is 0 Å². The molecule has 7 nitrogen and oxygen atoms in total. The first kappa shape index (κ1) is 24.1. The fourth-order valence-electron chi connectivity index (χ4n) is 3.82. The van der Waals surface area contributed by atoms with Crippen LogP contribution in [0.3, 0.4) is 0 Å². The molecular weight excluding hydrogens is 420 g/mol. The second kappa shape index (κ2) is 10.8. The number of ketones is 1. The van der Waals surface area contributed by atoms with E-state index in [1.807, 2.05) is 31.1 Å². The van der Waals surface area contributed by atoms with Crippen LogP contribution in [-0.4, -0.2) is 67.5 Å². The SMILES string of the molecule is C=CCOc1ccc([C@H]2C(=C(O)c3ccc(OC)cc3)C(=O)C(=O)N2CCCN(C)C)cc1. The monoisotopic (exact) mass is 450 g/mol. The first-order valence-corrected chi connectivity index (χ1v) is 10.8. The third kappa shape index (κ3) is 5.43. The highest BCUT2D eigenvalue weighted by molar-refractivity contribution is 6.46. The number of benzene rings is 2. The Kier molecular flexibility index (Phi) is 7.90. The fourth-order valence-corrected chi connectivity index (χ4v) is 3.82. The molecule has 1 fully saturated rings. The van der Waals surface area contributed by atoms with Crippen molar-refractivity contribution >= 4 is 17.4 Å². The minimum absolute atomic E-state index is 0.0785. The van der Waals surface area contributed by atoms with Gasteiger partial charge in [-0.25, -0.2) is 0 Å². The van der Waals surface area contributed by atoms with Crippen molar-refractivity contribution in [2.45, 2.75) is 12.5 Å². The number of rotatable bonds is 10. The number of aliphatic hydroxyl groups is 1. The van der Waals surface area contributed by atoms with Crippen LogP contribution in [-0.2, 0) is 9.59 Å². The Labute approximate surface area is 194 Å². The van der Waals surface area contributed by atoms with Gasteiger partial charge in [-0.05, 0) is 69.0 Å². The van der Waals surface area contributed by atoms with Crippen molar-refractivity contribution in [3.05, 3.63) is 77.9 Å². The van der Waals surface area contributed by atoms with E-state index in [0.717, 1.165) is 12.1 Å². The molecule has 1 N–H and O–H groups in total. The van der Waals surface area contributed by atoms with Crippen molar-refractivity contribution in [2.75, 3.05) is 40.9 Å². The molecule has 33 heavy (non-hydrogen) atoms. The summed E-state index contributed by atoms with van der Waals surface area (Å²) in [4.78, 5) is 29.6. The average Bonchev–Trinajstić information content (AvgIpc) is 3.07. The predicted molar refractivity (Wildman–Crippen MR) is 127 cm³/mol. The maximum atomic E-state index is 13.1. The summed E-state index contributed by atoms with van der Waals surface area (Å²) in [5, 5.41) is 11.1. The number of Topliss-reactive ketones (excluding diaryl/α,β-unsaturated/α-hetero) is 1. The van der Waals surface area contributed by atoms with Crippen LogP contribution in [0.1, 0.15) is 23.6 Å². The molecule has 0 bridgehead atoms. The fraction of sp³-hybridized carbons (Fsp3) is 0.308. The lowest BCUT2D eigenvalue weighted by atomic mass is 9.95. The number of amides is 1. The van der Waals surface area contributed by atoms with Gasteiger partial charge in [-0.1, -0.05) is 24.8 Å². The molecule has 0 unspecified atom stereocenters. The second-order valence-corrected chi connectivity index (χ2v) is 8.05. The molecule has 3 rings (SSSR count). The summed E-state index contributed by atoms with van der Waals surface area (Å²) >= 11 is 0. The standard InChI is InChI=1S/C26H30N2O5/c1-5-17-33-21-13-7-18(8-14-21)23-22(24(29)19-9-11-20(32-4)12-10-19)25(30)26(31)28(23)16-6-15-27(2)3/h5,7-14,23,29H,1,6,15-17H2,2-4H3/t23-/m0/s1. The van der Waals surface area contributed by atoms with Crippen LogP contribution in [0.2, 0.25) is 0 Å². The van der Waals surface area contributed by atoms with Gasteiger partial charge < -0.3 is 24.4 Å². The number of methoxy groups -OCH3 is 1. The molecule has 174 valence electrons. The lowest BCUT2D eigenvalue weighted by Crippen LogP contribution is -2.32. The molecule has 1 aliphatic rings. The number of carbonyl (C=O) groups is 2. The van der Waals surface area contributed by atoms with Crippen molar-refractivity contribution < 1.29 is 24.2 Å². The van der Waals surface area contributed by atoms with Gasteiger partial charge in [0.2, 0.25) is 0 Å². The number of likely N-dealkylation sites (tertiary alicyclic amines) is 1. The number of aliphatic hydroxyl groups excluding tert-OH is 1. The van der Waals surface area contributed by atoms with Crippen molar-refractivity contribution in [1.82, 2.24) is 9.80 Å². The van der Waals surface area contributed by atoms with Crippen LogP contribution in [0, 0.1) is 0 Å². The lowest BCUT2D eigenvalue weighted by Gasteiger charge is -2.26. The highest BCUT2D eigenvalue weighted by Gasteiger charge is 2.45. The van der Waals surface area contributed by atoms with Crippen LogP contribution < -0.4 is 9.47 Å². The van der Waals surface area contributed by atoms with E-state index in [1.165, 1.54) is 0 Å². The topological polar surface area (TPSA) is 79.3 Å². The normalized spacial score (nSPS) is 17.5. The van der Waals surface area contributed by atoms with Crippen molar-refractivity contribution in [3.8, 4) is 11.5 Å². The summed E-state index contributed by atoms with van der Waals surface area (Å²) in [5.41, 5.74) is 1.24. The molecular formula is C26H30N2O5. The zero-order chi connectivity index (χ0) is 24.0. The number of nitrogens with zero attached hydrogens (tertiary/aromatic N) is 2. The molecule has 1 amide bonds. The average molecular weight is 451 g/mol.